The van der Waals surface area contributed by atoms with Gasteiger partial charge in [-0.15, -0.1) is 0 Å². The van der Waals surface area contributed by atoms with Crippen LogP contribution in [0.25, 0.3) is 0 Å². The number of furan rings is 1. The maximum absolute atomic E-state index is 12.8. The van der Waals surface area contributed by atoms with Crippen molar-refractivity contribution in [1.29, 1.82) is 0 Å². The maximum atomic E-state index is 12.8. The van der Waals surface area contributed by atoms with Crippen molar-refractivity contribution >= 4 is 11.8 Å². The molecule has 2 amide bonds. The average Bonchev–Trinajstić information content (AvgIpc) is 3.17. The van der Waals surface area contributed by atoms with E-state index < -0.39 is 0 Å². The third-order valence-corrected chi connectivity index (χ3v) is 5.41. The number of carbonyl (C=O) groups is 2. The molecule has 0 spiro atoms. The monoisotopic (exact) mass is 356 g/mol. The molecule has 0 unspecified atom stereocenters. The van der Waals surface area contributed by atoms with E-state index >= 15 is 0 Å². The smallest absolute Gasteiger partial charge is 0.290 e. The van der Waals surface area contributed by atoms with E-state index in [1.165, 1.54) is 12.7 Å². The summed E-state index contributed by atoms with van der Waals surface area (Å²) in [5, 5.41) is 3.04. The number of carbonyl (C=O) groups excluding carboxylic acids is 2. The quantitative estimate of drug-likeness (QED) is 0.911. The van der Waals surface area contributed by atoms with Crippen LogP contribution in [0, 0.1) is 6.92 Å². The standard InChI is InChI=1S/C19H24N4O3/c1-12-6-9-26-17(12)19(25)23-8-7-22-11-15(21-18(22)13(23)2)10-16(24)20-14-4-3-5-14/h6,9,11,13-14H,3-5,7-8,10H2,1-2H3,(H,20,24)/t13-/m1/s1. The van der Waals surface area contributed by atoms with Gasteiger partial charge in [0.05, 0.1) is 24.4 Å². The molecule has 1 saturated carbocycles. The first-order chi connectivity index (χ1) is 12.5. The zero-order valence-corrected chi connectivity index (χ0v) is 15.2. The fraction of sp³-hybridized carbons (Fsp3) is 0.526. The summed E-state index contributed by atoms with van der Waals surface area (Å²) >= 11 is 0. The fourth-order valence-corrected chi connectivity index (χ4v) is 3.63. The van der Waals surface area contributed by atoms with Gasteiger partial charge in [0.1, 0.15) is 5.82 Å². The number of nitrogens with one attached hydrogen (secondary N) is 1. The molecule has 2 aliphatic rings. The van der Waals surface area contributed by atoms with Crippen LogP contribution in [0.3, 0.4) is 0 Å². The molecule has 1 fully saturated rings. The summed E-state index contributed by atoms with van der Waals surface area (Å²) in [5.41, 5.74) is 1.59. The Bertz CT molecular complexity index is 834. The number of fused-ring (bicyclic) bond motifs is 1. The van der Waals surface area contributed by atoms with E-state index in [1.54, 1.807) is 11.0 Å². The largest absolute Gasteiger partial charge is 0.459 e. The Labute approximate surface area is 152 Å². The Kier molecular flexibility index (Phi) is 4.30. The Balaban J connectivity index is 1.47. The van der Waals surface area contributed by atoms with Crippen LogP contribution in [-0.2, 0) is 17.8 Å². The molecule has 3 heterocycles. The van der Waals surface area contributed by atoms with Gasteiger partial charge in [-0.2, -0.15) is 0 Å². The lowest BCUT2D eigenvalue weighted by atomic mass is 9.93. The Hall–Kier alpha value is -2.57. The molecule has 1 N–H and O–H groups in total. The summed E-state index contributed by atoms with van der Waals surface area (Å²) in [5.74, 6) is 1.12. The van der Waals surface area contributed by atoms with Gasteiger partial charge in [-0.3, -0.25) is 9.59 Å². The molecule has 0 radical (unpaired) electrons. The molecule has 26 heavy (non-hydrogen) atoms. The van der Waals surface area contributed by atoms with Gasteiger partial charge in [0.2, 0.25) is 5.91 Å². The lowest BCUT2D eigenvalue weighted by Gasteiger charge is -2.33. The van der Waals surface area contributed by atoms with Gasteiger partial charge in [0.25, 0.3) is 5.91 Å². The van der Waals surface area contributed by atoms with Crippen LogP contribution in [0.4, 0.5) is 0 Å². The van der Waals surface area contributed by atoms with Gasteiger partial charge < -0.3 is 19.2 Å². The van der Waals surface area contributed by atoms with Gasteiger partial charge >= 0.3 is 0 Å². The lowest BCUT2D eigenvalue weighted by Crippen LogP contribution is -2.41. The normalized spacial score (nSPS) is 19.8. The van der Waals surface area contributed by atoms with E-state index in [4.69, 9.17) is 4.42 Å². The van der Waals surface area contributed by atoms with E-state index in [-0.39, 0.29) is 24.3 Å². The third-order valence-electron chi connectivity index (χ3n) is 5.41. The summed E-state index contributed by atoms with van der Waals surface area (Å²) in [6.45, 7) is 5.09. The predicted octanol–water partition coefficient (Wildman–Crippen LogP) is 2.21. The van der Waals surface area contributed by atoms with Crippen LogP contribution < -0.4 is 5.32 Å². The fourth-order valence-electron chi connectivity index (χ4n) is 3.63. The second-order valence-corrected chi connectivity index (χ2v) is 7.26. The molecule has 2 aromatic heterocycles. The van der Waals surface area contributed by atoms with Crippen LogP contribution >= 0.6 is 0 Å². The number of hydrogen-bond acceptors (Lipinski definition) is 4. The van der Waals surface area contributed by atoms with Gasteiger partial charge in [-0.1, -0.05) is 0 Å². The zero-order valence-electron chi connectivity index (χ0n) is 15.2. The number of hydrogen-bond donors (Lipinski definition) is 1. The molecular weight excluding hydrogens is 332 g/mol. The molecule has 0 saturated heterocycles. The molecule has 1 atom stereocenters. The summed E-state index contributed by atoms with van der Waals surface area (Å²) in [6.07, 6.45) is 7.11. The Morgan fingerprint density at radius 1 is 1.35 bits per heavy atom. The minimum atomic E-state index is -0.163. The molecule has 7 heteroatoms. The predicted molar refractivity (Wildman–Crippen MR) is 94.6 cm³/mol. The minimum absolute atomic E-state index is 0.0249. The van der Waals surface area contributed by atoms with Gasteiger partial charge in [0.15, 0.2) is 5.76 Å². The topological polar surface area (TPSA) is 80.4 Å². The van der Waals surface area contributed by atoms with Gasteiger partial charge in [0, 0.05) is 30.9 Å². The van der Waals surface area contributed by atoms with Crippen LogP contribution in [-0.4, -0.2) is 38.9 Å². The highest BCUT2D eigenvalue weighted by Crippen LogP contribution is 2.27. The first-order valence-electron chi connectivity index (χ1n) is 9.23. The molecule has 0 bridgehead atoms. The molecule has 4 rings (SSSR count). The molecular formula is C19H24N4O3. The summed E-state index contributed by atoms with van der Waals surface area (Å²) in [4.78, 5) is 31.3. The molecule has 138 valence electrons. The summed E-state index contributed by atoms with van der Waals surface area (Å²) in [7, 11) is 0. The Morgan fingerprint density at radius 3 is 2.81 bits per heavy atom. The number of rotatable bonds is 4. The van der Waals surface area contributed by atoms with Crippen molar-refractivity contribution in [2.75, 3.05) is 6.54 Å². The van der Waals surface area contributed by atoms with Crippen molar-refractivity contribution in [2.45, 2.75) is 58.2 Å². The number of amides is 2. The number of imidazole rings is 1. The van der Waals surface area contributed by atoms with E-state index in [2.05, 4.69) is 14.9 Å². The van der Waals surface area contributed by atoms with Gasteiger partial charge in [-0.25, -0.2) is 4.98 Å². The number of nitrogens with zero attached hydrogens (tertiary/aromatic N) is 3. The van der Waals surface area contributed by atoms with E-state index in [1.807, 2.05) is 20.0 Å². The van der Waals surface area contributed by atoms with E-state index in [0.29, 0.717) is 24.9 Å². The molecule has 1 aliphatic carbocycles. The Morgan fingerprint density at radius 2 is 2.15 bits per heavy atom. The minimum Gasteiger partial charge on any atom is -0.459 e. The van der Waals surface area contributed by atoms with Crippen molar-refractivity contribution in [3.05, 3.63) is 41.4 Å². The van der Waals surface area contributed by atoms with Crippen LogP contribution in [0.5, 0.6) is 0 Å². The van der Waals surface area contributed by atoms with Crippen LogP contribution in [0.15, 0.2) is 22.9 Å². The highest BCUT2D eigenvalue weighted by Gasteiger charge is 2.32. The van der Waals surface area contributed by atoms with E-state index in [9.17, 15) is 9.59 Å². The van der Waals surface area contributed by atoms with Crippen molar-refractivity contribution in [3.8, 4) is 0 Å². The van der Waals surface area contributed by atoms with Crippen LogP contribution in [0.1, 0.15) is 59.9 Å². The lowest BCUT2D eigenvalue weighted by molar-refractivity contribution is -0.121. The average molecular weight is 356 g/mol. The SMILES string of the molecule is Cc1ccoc1C(=O)N1CCn2cc(CC(=O)NC3CCC3)nc2[C@H]1C. The molecule has 0 aromatic carbocycles. The molecule has 7 nitrogen and oxygen atoms in total. The summed E-state index contributed by atoms with van der Waals surface area (Å²) < 4.78 is 7.41. The second kappa shape index (κ2) is 6.63. The van der Waals surface area contributed by atoms with Crippen molar-refractivity contribution in [1.82, 2.24) is 19.8 Å². The zero-order chi connectivity index (χ0) is 18.3. The molecule has 1 aliphatic heterocycles. The first-order valence-corrected chi connectivity index (χ1v) is 9.23. The number of aromatic nitrogens is 2. The number of aryl methyl sites for hydroxylation is 1. The van der Waals surface area contributed by atoms with E-state index in [0.717, 1.165) is 29.9 Å². The highest BCUT2D eigenvalue weighted by molar-refractivity contribution is 5.93. The summed E-state index contributed by atoms with van der Waals surface area (Å²) in [6, 6.07) is 1.97. The van der Waals surface area contributed by atoms with Crippen LogP contribution in [0.2, 0.25) is 0 Å². The molecule has 2 aromatic rings. The highest BCUT2D eigenvalue weighted by atomic mass is 16.3. The first kappa shape index (κ1) is 16.9. The van der Waals surface area contributed by atoms with Crippen molar-refractivity contribution < 1.29 is 14.0 Å². The van der Waals surface area contributed by atoms with Gasteiger partial charge in [-0.05, 0) is 39.2 Å². The van der Waals surface area contributed by atoms with Crippen molar-refractivity contribution in [3.63, 3.8) is 0 Å². The maximum Gasteiger partial charge on any atom is 0.290 e. The second-order valence-electron chi connectivity index (χ2n) is 7.26. The third kappa shape index (κ3) is 3.02. The van der Waals surface area contributed by atoms with Crippen molar-refractivity contribution in [2.24, 2.45) is 0 Å².